The van der Waals surface area contributed by atoms with Crippen molar-refractivity contribution in [1.29, 1.82) is 0 Å². The number of aryl methyl sites for hydroxylation is 1. The summed E-state index contributed by atoms with van der Waals surface area (Å²) in [6.45, 7) is 6.19. The first-order chi connectivity index (χ1) is 10.2. The van der Waals surface area contributed by atoms with E-state index in [1.54, 1.807) is 0 Å². The second-order valence-electron chi connectivity index (χ2n) is 5.09. The Hall–Kier alpha value is -2.36. The third-order valence-corrected chi connectivity index (χ3v) is 3.70. The van der Waals surface area contributed by atoms with E-state index >= 15 is 0 Å². The highest BCUT2D eigenvalue weighted by atomic mass is 16.6. The number of nitrogens with two attached hydrogens (primary N) is 1. The third kappa shape index (κ3) is 2.49. The quantitative estimate of drug-likeness (QED) is 0.876. The van der Waals surface area contributed by atoms with E-state index in [-0.39, 0.29) is 0 Å². The SMILES string of the molecule is CCN(c1ccccc1C)c1cc2c(cc1N)OCCO2. The highest BCUT2D eigenvalue weighted by Crippen LogP contribution is 2.41. The van der Waals surface area contributed by atoms with Crippen molar-refractivity contribution in [1.82, 2.24) is 0 Å². The van der Waals surface area contributed by atoms with Gasteiger partial charge in [-0.1, -0.05) is 18.2 Å². The van der Waals surface area contributed by atoms with E-state index in [1.165, 1.54) is 5.56 Å². The summed E-state index contributed by atoms with van der Waals surface area (Å²) in [6.07, 6.45) is 0. The fourth-order valence-corrected chi connectivity index (χ4v) is 2.66. The van der Waals surface area contributed by atoms with Gasteiger partial charge in [0.25, 0.3) is 0 Å². The number of para-hydroxylation sites is 1. The molecule has 0 bridgehead atoms. The van der Waals surface area contributed by atoms with Crippen LogP contribution in [0.25, 0.3) is 0 Å². The van der Waals surface area contributed by atoms with Gasteiger partial charge in [0, 0.05) is 24.4 Å². The number of ether oxygens (including phenoxy) is 2. The van der Waals surface area contributed by atoms with Crippen LogP contribution in [0.15, 0.2) is 36.4 Å². The van der Waals surface area contributed by atoms with Crippen LogP contribution in [0.5, 0.6) is 11.5 Å². The van der Waals surface area contributed by atoms with Gasteiger partial charge in [-0.25, -0.2) is 0 Å². The van der Waals surface area contributed by atoms with Crippen LogP contribution in [0.2, 0.25) is 0 Å². The normalized spacial score (nSPS) is 13.0. The molecule has 2 aromatic rings. The number of nitrogens with zero attached hydrogens (tertiary/aromatic N) is 1. The number of benzene rings is 2. The van der Waals surface area contributed by atoms with Gasteiger partial charge in [0.15, 0.2) is 11.5 Å². The predicted molar refractivity (Wildman–Crippen MR) is 85.7 cm³/mol. The molecule has 0 atom stereocenters. The molecule has 0 aromatic heterocycles. The van der Waals surface area contributed by atoms with E-state index < -0.39 is 0 Å². The summed E-state index contributed by atoms with van der Waals surface area (Å²) in [6, 6.07) is 12.1. The maximum Gasteiger partial charge on any atom is 0.163 e. The van der Waals surface area contributed by atoms with E-state index in [0.29, 0.717) is 18.9 Å². The van der Waals surface area contributed by atoms with Crippen molar-refractivity contribution < 1.29 is 9.47 Å². The van der Waals surface area contributed by atoms with Gasteiger partial charge in [-0.2, -0.15) is 0 Å². The Bertz CT molecular complexity index is 655. The minimum Gasteiger partial charge on any atom is -0.486 e. The molecule has 21 heavy (non-hydrogen) atoms. The molecule has 0 radical (unpaired) electrons. The topological polar surface area (TPSA) is 47.7 Å². The summed E-state index contributed by atoms with van der Waals surface area (Å²) >= 11 is 0. The monoisotopic (exact) mass is 284 g/mol. The molecule has 1 heterocycles. The van der Waals surface area contributed by atoms with Crippen LogP contribution in [-0.4, -0.2) is 19.8 Å². The van der Waals surface area contributed by atoms with Crippen LogP contribution in [0.1, 0.15) is 12.5 Å². The number of anilines is 3. The molecule has 0 aliphatic carbocycles. The Kier molecular flexibility index (Phi) is 3.60. The van der Waals surface area contributed by atoms with Gasteiger partial charge in [0.05, 0.1) is 11.4 Å². The van der Waals surface area contributed by atoms with E-state index in [9.17, 15) is 0 Å². The summed E-state index contributed by atoms with van der Waals surface area (Å²) in [4.78, 5) is 2.20. The molecule has 0 amide bonds. The molecule has 4 nitrogen and oxygen atoms in total. The Morgan fingerprint density at radius 1 is 1.05 bits per heavy atom. The fraction of sp³-hybridized carbons (Fsp3) is 0.294. The third-order valence-electron chi connectivity index (χ3n) is 3.70. The molecule has 3 rings (SSSR count). The maximum absolute atomic E-state index is 6.23. The molecule has 2 aromatic carbocycles. The molecular formula is C17H20N2O2. The molecule has 0 saturated heterocycles. The highest BCUT2D eigenvalue weighted by molar-refractivity contribution is 5.79. The van der Waals surface area contributed by atoms with E-state index in [0.717, 1.165) is 29.4 Å². The number of rotatable bonds is 3. The number of fused-ring (bicyclic) bond motifs is 1. The van der Waals surface area contributed by atoms with Gasteiger partial charge in [-0.15, -0.1) is 0 Å². The molecule has 1 aliphatic heterocycles. The van der Waals surface area contributed by atoms with Crippen molar-refractivity contribution in [3.05, 3.63) is 42.0 Å². The van der Waals surface area contributed by atoms with E-state index in [4.69, 9.17) is 15.2 Å². The standard InChI is InChI=1S/C17H20N2O2/c1-3-19(14-7-5-4-6-12(14)2)15-11-17-16(10-13(15)18)20-8-9-21-17/h4-7,10-11H,3,8-9,18H2,1-2H3. The summed E-state index contributed by atoms with van der Waals surface area (Å²) in [7, 11) is 0. The lowest BCUT2D eigenvalue weighted by Gasteiger charge is -2.28. The van der Waals surface area contributed by atoms with Crippen molar-refractivity contribution >= 4 is 17.1 Å². The number of hydrogen-bond donors (Lipinski definition) is 1. The first kappa shape index (κ1) is 13.6. The van der Waals surface area contributed by atoms with Gasteiger partial charge in [0.1, 0.15) is 13.2 Å². The molecule has 0 fully saturated rings. The minimum absolute atomic E-state index is 0.571. The zero-order valence-electron chi connectivity index (χ0n) is 12.4. The van der Waals surface area contributed by atoms with Gasteiger partial charge in [0.2, 0.25) is 0 Å². The summed E-state index contributed by atoms with van der Waals surface area (Å²) < 4.78 is 11.3. The van der Waals surface area contributed by atoms with Gasteiger partial charge < -0.3 is 20.1 Å². The number of hydrogen-bond acceptors (Lipinski definition) is 4. The lowest BCUT2D eigenvalue weighted by atomic mass is 10.1. The Labute approximate surface area is 125 Å². The first-order valence-corrected chi connectivity index (χ1v) is 7.23. The van der Waals surface area contributed by atoms with Crippen LogP contribution in [-0.2, 0) is 0 Å². The van der Waals surface area contributed by atoms with Crippen molar-refractivity contribution in [2.24, 2.45) is 0 Å². The van der Waals surface area contributed by atoms with E-state index in [1.807, 2.05) is 24.3 Å². The first-order valence-electron chi connectivity index (χ1n) is 7.23. The average molecular weight is 284 g/mol. The second kappa shape index (κ2) is 5.56. The zero-order valence-corrected chi connectivity index (χ0v) is 12.4. The van der Waals surface area contributed by atoms with Gasteiger partial charge in [-0.05, 0) is 25.5 Å². The van der Waals surface area contributed by atoms with Crippen molar-refractivity contribution in [2.75, 3.05) is 30.4 Å². The Balaban J connectivity index is 2.07. The number of nitrogen functional groups attached to an aromatic ring is 1. The molecule has 0 saturated carbocycles. The van der Waals surface area contributed by atoms with Gasteiger partial charge in [-0.3, -0.25) is 0 Å². The average Bonchev–Trinajstić information content (AvgIpc) is 2.50. The fourth-order valence-electron chi connectivity index (χ4n) is 2.66. The summed E-state index contributed by atoms with van der Waals surface area (Å²) in [5.41, 5.74) is 10.3. The molecule has 2 N–H and O–H groups in total. The molecular weight excluding hydrogens is 264 g/mol. The molecule has 1 aliphatic rings. The molecule has 0 unspecified atom stereocenters. The van der Waals surface area contributed by atoms with Crippen LogP contribution < -0.4 is 20.1 Å². The van der Waals surface area contributed by atoms with Crippen LogP contribution >= 0.6 is 0 Å². The van der Waals surface area contributed by atoms with Gasteiger partial charge >= 0.3 is 0 Å². The molecule has 4 heteroatoms. The Morgan fingerprint density at radius 2 is 1.71 bits per heavy atom. The second-order valence-corrected chi connectivity index (χ2v) is 5.09. The van der Waals surface area contributed by atoms with Crippen LogP contribution in [0.3, 0.4) is 0 Å². The minimum atomic E-state index is 0.571. The summed E-state index contributed by atoms with van der Waals surface area (Å²) in [5, 5.41) is 0. The lowest BCUT2D eigenvalue weighted by Crippen LogP contribution is -2.20. The smallest absolute Gasteiger partial charge is 0.163 e. The van der Waals surface area contributed by atoms with Crippen molar-refractivity contribution in [3.63, 3.8) is 0 Å². The molecule has 110 valence electrons. The largest absolute Gasteiger partial charge is 0.486 e. The highest BCUT2D eigenvalue weighted by Gasteiger charge is 2.19. The lowest BCUT2D eigenvalue weighted by molar-refractivity contribution is 0.172. The Morgan fingerprint density at radius 3 is 2.38 bits per heavy atom. The predicted octanol–water partition coefficient (Wildman–Crippen LogP) is 3.51. The zero-order chi connectivity index (χ0) is 14.8. The van der Waals surface area contributed by atoms with E-state index in [2.05, 4.69) is 30.9 Å². The van der Waals surface area contributed by atoms with Crippen molar-refractivity contribution in [3.8, 4) is 11.5 Å². The van der Waals surface area contributed by atoms with Crippen molar-refractivity contribution in [2.45, 2.75) is 13.8 Å². The van der Waals surface area contributed by atoms with Crippen LogP contribution in [0, 0.1) is 6.92 Å². The maximum atomic E-state index is 6.23. The molecule has 0 spiro atoms. The summed E-state index contributed by atoms with van der Waals surface area (Å²) in [5.74, 6) is 1.49. The van der Waals surface area contributed by atoms with Crippen LogP contribution in [0.4, 0.5) is 17.1 Å².